The minimum Gasteiger partial charge on any atom is -0.423 e. The molecule has 13 heavy (non-hydrogen) atoms. The van der Waals surface area contributed by atoms with E-state index in [-0.39, 0.29) is 0 Å². The normalized spacial score (nSPS) is 20.1. The minimum absolute atomic E-state index is 0.466. The Morgan fingerprint density at radius 2 is 2.15 bits per heavy atom. The van der Waals surface area contributed by atoms with E-state index in [0.717, 1.165) is 18.4 Å². The topological polar surface area (TPSA) is 40.5 Å². The van der Waals surface area contributed by atoms with Crippen LogP contribution >= 0.6 is 0 Å². The Morgan fingerprint density at radius 1 is 1.38 bits per heavy atom. The van der Waals surface area contributed by atoms with Crippen LogP contribution in [-0.2, 0) is 6.42 Å². The highest BCUT2D eigenvalue weighted by Crippen LogP contribution is 2.30. The van der Waals surface area contributed by atoms with Gasteiger partial charge in [0.25, 0.3) is 0 Å². The summed E-state index contributed by atoms with van der Waals surface area (Å²) < 4.78 is 0. The van der Waals surface area contributed by atoms with Crippen molar-refractivity contribution in [3.63, 3.8) is 0 Å². The van der Waals surface area contributed by atoms with Crippen molar-refractivity contribution >= 4 is 12.6 Å². The van der Waals surface area contributed by atoms with Crippen molar-refractivity contribution in [2.24, 2.45) is 0 Å². The van der Waals surface area contributed by atoms with Gasteiger partial charge in [0.1, 0.15) is 0 Å². The summed E-state index contributed by atoms with van der Waals surface area (Å²) in [6.45, 7) is 2.14. The molecule has 1 aromatic carbocycles. The first-order chi connectivity index (χ1) is 6.20. The molecule has 1 atom stereocenters. The molecule has 1 aliphatic rings. The zero-order valence-corrected chi connectivity index (χ0v) is 7.70. The van der Waals surface area contributed by atoms with Crippen molar-refractivity contribution in [1.29, 1.82) is 0 Å². The molecule has 0 radical (unpaired) electrons. The van der Waals surface area contributed by atoms with E-state index in [9.17, 15) is 0 Å². The third-order valence-electron chi connectivity index (χ3n) is 2.85. The highest BCUT2D eigenvalue weighted by Gasteiger charge is 2.25. The van der Waals surface area contributed by atoms with E-state index in [1.165, 1.54) is 5.56 Å². The number of rotatable bonds is 1. The van der Waals surface area contributed by atoms with Crippen LogP contribution in [0.1, 0.15) is 30.4 Å². The van der Waals surface area contributed by atoms with Crippen LogP contribution in [0, 0.1) is 0 Å². The maximum Gasteiger partial charge on any atom is 0.488 e. The van der Waals surface area contributed by atoms with Gasteiger partial charge in [0, 0.05) is 0 Å². The lowest BCUT2D eigenvalue weighted by atomic mass is 9.74. The van der Waals surface area contributed by atoms with E-state index in [1.807, 2.05) is 6.07 Å². The van der Waals surface area contributed by atoms with Gasteiger partial charge in [0.05, 0.1) is 0 Å². The monoisotopic (exact) mass is 176 g/mol. The van der Waals surface area contributed by atoms with Crippen molar-refractivity contribution in [3.8, 4) is 0 Å². The summed E-state index contributed by atoms with van der Waals surface area (Å²) in [7, 11) is -1.32. The number of benzene rings is 1. The molecule has 0 aliphatic heterocycles. The van der Waals surface area contributed by atoms with E-state index in [4.69, 9.17) is 10.0 Å². The molecule has 0 amide bonds. The third kappa shape index (κ3) is 1.38. The molecular weight excluding hydrogens is 163 g/mol. The first-order valence-corrected chi connectivity index (χ1v) is 4.68. The van der Waals surface area contributed by atoms with Crippen LogP contribution in [0.15, 0.2) is 18.2 Å². The molecule has 3 heteroatoms. The Labute approximate surface area is 78.4 Å². The summed E-state index contributed by atoms with van der Waals surface area (Å²) in [6, 6.07) is 5.77. The van der Waals surface area contributed by atoms with Crippen LogP contribution < -0.4 is 5.46 Å². The lowest BCUT2D eigenvalue weighted by Crippen LogP contribution is -2.33. The SMILES string of the molecule is CC1CCc2cccc(B(O)O)c21. The van der Waals surface area contributed by atoms with Crippen LogP contribution in [0.4, 0.5) is 0 Å². The number of fused-ring (bicyclic) bond motifs is 1. The van der Waals surface area contributed by atoms with Crippen molar-refractivity contribution in [2.45, 2.75) is 25.7 Å². The first-order valence-electron chi connectivity index (χ1n) is 4.68. The lowest BCUT2D eigenvalue weighted by Gasteiger charge is -2.10. The molecule has 0 bridgehead atoms. The zero-order valence-electron chi connectivity index (χ0n) is 7.70. The number of hydrogen-bond acceptors (Lipinski definition) is 2. The summed E-state index contributed by atoms with van der Waals surface area (Å²) in [5.74, 6) is 0.466. The van der Waals surface area contributed by atoms with E-state index in [1.54, 1.807) is 6.07 Å². The molecule has 0 heterocycles. The fourth-order valence-electron chi connectivity index (χ4n) is 2.19. The molecule has 68 valence electrons. The smallest absolute Gasteiger partial charge is 0.423 e. The fourth-order valence-corrected chi connectivity index (χ4v) is 2.19. The summed E-state index contributed by atoms with van der Waals surface area (Å²) in [5, 5.41) is 18.3. The van der Waals surface area contributed by atoms with Crippen LogP contribution in [0.25, 0.3) is 0 Å². The molecule has 2 rings (SSSR count). The van der Waals surface area contributed by atoms with Crippen molar-refractivity contribution < 1.29 is 10.0 Å². The van der Waals surface area contributed by atoms with E-state index >= 15 is 0 Å². The van der Waals surface area contributed by atoms with Crippen molar-refractivity contribution in [3.05, 3.63) is 29.3 Å². The standard InChI is InChI=1S/C10H13BO2/c1-7-5-6-8-3-2-4-9(10(7)8)11(12)13/h2-4,7,12-13H,5-6H2,1H3. The van der Waals surface area contributed by atoms with E-state index < -0.39 is 7.12 Å². The third-order valence-corrected chi connectivity index (χ3v) is 2.85. The Kier molecular flexibility index (Phi) is 2.14. The van der Waals surface area contributed by atoms with Crippen LogP contribution in [-0.4, -0.2) is 17.2 Å². The van der Waals surface area contributed by atoms with Gasteiger partial charge in [-0.15, -0.1) is 0 Å². The summed E-state index contributed by atoms with van der Waals surface area (Å²) in [5.41, 5.74) is 3.11. The molecule has 1 aromatic rings. The van der Waals surface area contributed by atoms with Gasteiger partial charge in [-0.2, -0.15) is 0 Å². The van der Waals surface area contributed by atoms with Crippen LogP contribution in [0.2, 0.25) is 0 Å². The van der Waals surface area contributed by atoms with Gasteiger partial charge in [-0.05, 0) is 35.3 Å². The predicted octanol–water partition coefficient (Wildman–Crippen LogP) is 0.416. The highest BCUT2D eigenvalue weighted by atomic mass is 16.4. The van der Waals surface area contributed by atoms with Gasteiger partial charge in [0.2, 0.25) is 0 Å². The Bertz CT molecular complexity index is 323. The van der Waals surface area contributed by atoms with E-state index in [0.29, 0.717) is 11.4 Å². The van der Waals surface area contributed by atoms with Gasteiger partial charge in [-0.3, -0.25) is 0 Å². The molecule has 0 fully saturated rings. The molecule has 0 saturated heterocycles. The van der Waals surface area contributed by atoms with Gasteiger partial charge in [-0.25, -0.2) is 0 Å². The second-order valence-corrected chi connectivity index (χ2v) is 3.73. The molecule has 2 N–H and O–H groups in total. The van der Waals surface area contributed by atoms with Crippen LogP contribution in [0.5, 0.6) is 0 Å². The van der Waals surface area contributed by atoms with E-state index in [2.05, 4.69) is 13.0 Å². The van der Waals surface area contributed by atoms with Gasteiger partial charge in [-0.1, -0.05) is 25.1 Å². The molecule has 0 saturated carbocycles. The molecule has 0 aromatic heterocycles. The first kappa shape index (κ1) is 8.79. The molecular formula is C10H13BO2. The molecule has 0 spiro atoms. The summed E-state index contributed by atoms with van der Waals surface area (Å²) in [4.78, 5) is 0. The summed E-state index contributed by atoms with van der Waals surface area (Å²) in [6.07, 6.45) is 2.19. The van der Waals surface area contributed by atoms with Gasteiger partial charge in [0.15, 0.2) is 0 Å². The highest BCUT2D eigenvalue weighted by molar-refractivity contribution is 6.59. The Morgan fingerprint density at radius 3 is 2.85 bits per heavy atom. The van der Waals surface area contributed by atoms with Gasteiger partial charge >= 0.3 is 7.12 Å². The Balaban J connectivity index is 2.53. The molecule has 1 unspecified atom stereocenters. The summed E-state index contributed by atoms with van der Waals surface area (Å²) >= 11 is 0. The zero-order chi connectivity index (χ0) is 9.42. The molecule has 2 nitrogen and oxygen atoms in total. The average Bonchev–Trinajstić information content (AvgIpc) is 2.48. The second-order valence-electron chi connectivity index (χ2n) is 3.73. The van der Waals surface area contributed by atoms with Gasteiger partial charge < -0.3 is 10.0 Å². The lowest BCUT2D eigenvalue weighted by molar-refractivity contribution is 0.425. The predicted molar refractivity (Wildman–Crippen MR) is 53.0 cm³/mol. The molecule has 1 aliphatic carbocycles. The number of aryl methyl sites for hydroxylation is 1. The largest absolute Gasteiger partial charge is 0.488 e. The average molecular weight is 176 g/mol. The van der Waals surface area contributed by atoms with Crippen molar-refractivity contribution in [2.75, 3.05) is 0 Å². The maximum atomic E-state index is 9.16. The Hall–Kier alpha value is -0.795. The number of hydrogen-bond donors (Lipinski definition) is 2. The van der Waals surface area contributed by atoms with Crippen molar-refractivity contribution in [1.82, 2.24) is 0 Å². The van der Waals surface area contributed by atoms with Crippen LogP contribution in [0.3, 0.4) is 0 Å². The maximum absolute atomic E-state index is 9.16. The quantitative estimate of drug-likeness (QED) is 0.608. The minimum atomic E-state index is -1.32. The second kappa shape index (κ2) is 3.16. The fraction of sp³-hybridized carbons (Fsp3) is 0.400.